The Kier molecular flexibility index (Phi) is 6.87. The van der Waals surface area contributed by atoms with Crippen LogP contribution >= 0.6 is 11.8 Å². The van der Waals surface area contributed by atoms with Crippen molar-refractivity contribution in [2.24, 2.45) is 0 Å². The normalized spacial score (nSPS) is 15.1. The van der Waals surface area contributed by atoms with E-state index in [1.807, 2.05) is 11.8 Å². The van der Waals surface area contributed by atoms with E-state index in [0.717, 1.165) is 22.7 Å². The van der Waals surface area contributed by atoms with Crippen molar-refractivity contribution in [1.82, 2.24) is 9.13 Å². The second kappa shape index (κ2) is 12.4. The van der Waals surface area contributed by atoms with E-state index in [2.05, 4.69) is 226 Å². The molecular formula is C55H35N3S. The van der Waals surface area contributed by atoms with Crippen LogP contribution in [0.25, 0.3) is 55.0 Å². The minimum Gasteiger partial charge on any atom is -0.311 e. The van der Waals surface area contributed by atoms with Gasteiger partial charge in [-0.25, -0.2) is 0 Å². The highest BCUT2D eigenvalue weighted by Gasteiger charge is 2.49. The molecule has 3 nitrogen and oxygen atoms in total. The molecule has 0 saturated carbocycles. The summed E-state index contributed by atoms with van der Waals surface area (Å²) in [7, 11) is 0. The third kappa shape index (κ3) is 4.44. The number of aromatic nitrogens is 2. The molecule has 4 heteroatoms. The van der Waals surface area contributed by atoms with Crippen molar-refractivity contribution in [2.75, 3.05) is 4.90 Å². The monoisotopic (exact) mass is 769 g/mol. The molecule has 1 atom stereocenters. The molecule has 0 radical (unpaired) electrons. The number of hydrogen-bond acceptors (Lipinski definition) is 2. The van der Waals surface area contributed by atoms with Gasteiger partial charge in [-0.3, -0.25) is 0 Å². The Balaban J connectivity index is 1.10. The SMILES string of the molecule is c1ccc(N(c2ccccc2)c2ccc(-n3c4ccccc4c4cc5c(cc43)C3(c4ccccc4S5)c4ccccc4-n4c5ccccc5c5cccc3c54)cc2)cc1. The molecule has 0 aliphatic carbocycles. The van der Waals surface area contributed by atoms with Crippen molar-refractivity contribution < 1.29 is 0 Å². The van der Waals surface area contributed by atoms with Gasteiger partial charge >= 0.3 is 0 Å². The zero-order chi connectivity index (χ0) is 38.7. The van der Waals surface area contributed by atoms with E-state index in [4.69, 9.17) is 0 Å². The zero-order valence-corrected chi connectivity index (χ0v) is 32.8. The summed E-state index contributed by atoms with van der Waals surface area (Å²) in [5.41, 5.74) is 15.4. The van der Waals surface area contributed by atoms with Gasteiger partial charge in [0.2, 0.25) is 0 Å². The molecule has 1 spiro atoms. The molecule has 4 heterocycles. The van der Waals surface area contributed by atoms with Crippen LogP contribution in [0.2, 0.25) is 0 Å². The Morgan fingerprint density at radius 1 is 0.356 bits per heavy atom. The molecule has 0 N–H and O–H groups in total. The van der Waals surface area contributed by atoms with E-state index < -0.39 is 5.41 Å². The summed E-state index contributed by atoms with van der Waals surface area (Å²) in [6.45, 7) is 0. The van der Waals surface area contributed by atoms with Crippen LogP contribution in [0.5, 0.6) is 0 Å². The molecule has 9 aromatic carbocycles. The summed E-state index contributed by atoms with van der Waals surface area (Å²) in [6, 6.07) is 78.4. The van der Waals surface area contributed by atoms with Gasteiger partial charge in [0.05, 0.1) is 33.2 Å². The number of nitrogens with zero attached hydrogens (tertiary/aromatic N) is 3. The summed E-state index contributed by atoms with van der Waals surface area (Å²) in [5, 5.41) is 5.09. The summed E-state index contributed by atoms with van der Waals surface area (Å²) in [6.07, 6.45) is 0. The summed E-state index contributed by atoms with van der Waals surface area (Å²) in [5.74, 6) is 0. The highest BCUT2D eigenvalue weighted by molar-refractivity contribution is 7.99. The first kappa shape index (κ1) is 32.8. The van der Waals surface area contributed by atoms with Gasteiger partial charge in [0.1, 0.15) is 0 Å². The number of anilines is 3. The molecule has 2 aliphatic heterocycles. The standard InChI is InChI=1S/C55H35N3S/c1-3-16-36(17-4-1)56(37-18-5-2-6-19-37)38-30-32-39(33-31-38)57-48-26-11-8-21-41(48)43-34-53-47(35-51(43)57)55(45-24-10-14-29-52(45)59-53)44-23-9-13-28-50(44)58-49-27-12-7-20-40(49)42-22-15-25-46(55)54(42)58/h1-35H. The van der Waals surface area contributed by atoms with Gasteiger partial charge in [0.25, 0.3) is 0 Å². The lowest BCUT2D eigenvalue weighted by atomic mass is 9.62. The van der Waals surface area contributed by atoms with Gasteiger partial charge in [-0.15, -0.1) is 0 Å². The van der Waals surface area contributed by atoms with Crippen LogP contribution in [-0.4, -0.2) is 9.13 Å². The molecule has 2 aromatic heterocycles. The Morgan fingerprint density at radius 3 is 1.66 bits per heavy atom. The van der Waals surface area contributed by atoms with Crippen molar-refractivity contribution in [2.45, 2.75) is 15.2 Å². The average molecular weight is 770 g/mol. The van der Waals surface area contributed by atoms with Crippen molar-refractivity contribution in [3.8, 4) is 11.4 Å². The van der Waals surface area contributed by atoms with Crippen molar-refractivity contribution in [3.63, 3.8) is 0 Å². The zero-order valence-electron chi connectivity index (χ0n) is 32.0. The van der Waals surface area contributed by atoms with Crippen LogP contribution in [0.1, 0.15) is 22.3 Å². The van der Waals surface area contributed by atoms with E-state index >= 15 is 0 Å². The maximum absolute atomic E-state index is 2.54. The van der Waals surface area contributed by atoms with Crippen molar-refractivity contribution in [1.29, 1.82) is 0 Å². The van der Waals surface area contributed by atoms with E-state index in [0.29, 0.717) is 0 Å². The predicted molar refractivity (Wildman–Crippen MR) is 246 cm³/mol. The summed E-state index contributed by atoms with van der Waals surface area (Å²) in [4.78, 5) is 4.92. The lowest BCUT2D eigenvalue weighted by Gasteiger charge is -2.45. The Morgan fingerprint density at radius 2 is 0.915 bits per heavy atom. The molecule has 0 bridgehead atoms. The predicted octanol–water partition coefficient (Wildman–Crippen LogP) is 14.5. The van der Waals surface area contributed by atoms with Crippen LogP contribution in [0.4, 0.5) is 17.1 Å². The Labute approximate surface area is 346 Å². The Hall–Kier alpha value is -7.27. The quantitative estimate of drug-likeness (QED) is 0.177. The van der Waals surface area contributed by atoms with Gasteiger partial charge in [-0.1, -0.05) is 139 Å². The van der Waals surface area contributed by atoms with Crippen LogP contribution in [0.3, 0.4) is 0 Å². The van der Waals surface area contributed by atoms with Crippen LogP contribution in [0.15, 0.2) is 222 Å². The van der Waals surface area contributed by atoms with Crippen molar-refractivity contribution in [3.05, 3.63) is 235 Å². The van der Waals surface area contributed by atoms with Crippen LogP contribution in [-0.2, 0) is 5.41 Å². The molecule has 2 aliphatic rings. The number of rotatable bonds is 4. The number of para-hydroxylation sites is 6. The van der Waals surface area contributed by atoms with Gasteiger partial charge in [-0.05, 0) is 107 Å². The highest BCUT2D eigenvalue weighted by atomic mass is 32.2. The topological polar surface area (TPSA) is 13.1 Å². The molecule has 0 amide bonds. The number of fused-ring (bicyclic) bond motifs is 14. The molecule has 1 unspecified atom stereocenters. The number of hydrogen-bond donors (Lipinski definition) is 0. The van der Waals surface area contributed by atoms with Crippen molar-refractivity contribution >= 4 is 72.4 Å². The first-order valence-electron chi connectivity index (χ1n) is 20.3. The van der Waals surface area contributed by atoms with Gasteiger partial charge in [-0.2, -0.15) is 0 Å². The lowest BCUT2D eigenvalue weighted by Crippen LogP contribution is -2.37. The molecule has 13 rings (SSSR count). The summed E-state index contributed by atoms with van der Waals surface area (Å²) < 4.78 is 5.01. The van der Waals surface area contributed by atoms with Gasteiger partial charge in [0.15, 0.2) is 0 Å². The lowest BCUT2D eigenvalue weighted by molar-refractivity contribution is 0.690. The van der Waals surface area contributed by atoms with E-state index in [1.54, 1.807) is 0 Å². The maximum atomic E-state index is 2.54. The molecule has 0 saturated heterocycles. The second-order valence-electron chi connectivity index (χ2n) is 15.7. The average Bonchev–Trinajstić information content (AvgIpc) is 3.81. The number of benzene rings is 9. The molecular weight excluding hydrogens is 735 g/mol. The largest absolute Gasteiger partial charge is 0.311 e. The van der Waals surface area contributed by atoms with E-state index in [-0.39, 0.29) is 0 Å². The highest BCUT2D eigenvalue weighted by Crippen LogP contribution is 2.61. The van der Waals surface area contributed by atoms with Crippen LogP contribution in [0, 0.1) is 0 Å². The molecule has 0 fully saturated rings. The fourth-order valence-electron chi connectivity index (χ4n) is 10.4. The first-order valence-corrected chi connectivity index (χ1v) is 21.1. The molecule has 276 valence electrons. The third-order valence-corrected chi connectivity index (χ3v) is 13.9. The smallest absolute Gasteiger partial charge is 0.0765 e. The van der Waals surface area contributed by atoms with E-state index in [9.17, 15) is 0 Å². The fraction of sp³-hybridized carbons (Fsp3) is 0.0182. The van der Waals surface area contributed by atoms with Crippen LogP contribution < -0.4 is 4.90 Å². The maximum Gasteiger partial charge on any atom is 0.0765 e. The molecule has 59 heavy (non-hydrogen) atoms. The minimum absolute atomic E-state index is 0.553. The minimum atomic E-state index is -0.553. The van der Waals surface area contributed by atoms with Gasteiger partial charge < -0.3 is 14.0 Å². The van der Waals surface area contributed by atoms with Gasteiger partial charge in [0, 0.05) is 54.1 Å². The fourth-order valence-corrected chi connectivity index (χ4v) is 11.6. The first-order chi connectivity index (χ1) is 29.3. The van der Waals surface area contributed by atoms with E-state index in [1.165, 1.54) is 81.3 Å². The Bertz CT molecular complexity index is 3430. The third-order valence-electron chi connectivity index (χ3n) is 12.7. The molecule has 11 aromatic rings. The summed E-state index contributed by atoms with van der Waals surface area (Å²) >= 11 is 1.91. The second-order valence-corrected chi connectivity index (χ2v) is 16.7.